The van der Waals surface area contributed by atoms with E-state index in [0.717, 1.165) is 11.3 Å². The largest absolute Gasteiger partial charge is 0.504 e. The van der Waals surface area contributed by atoms with Gasteiger partial charge in [-0.15, -0.1) is 0 Å². The second-order valence-electron chi connectivity index (χ2n) is 4.07. The minimum absolute atomic E-state index is 0.156. The van der Waals surface area contributed by atoms with Gasteiger partial charge in [-0.25, -0.2) is 0 Å². The Kier molecular flexibility index (Phi) is 4.53. The van der Waals surface area contributed by atoms with Crippen molar-refractivity contribution in [3.63, 3.8) is 0 Å². The second kappa shape index (κ2) is 6.34. The fourth-order valence-corrected chi connectivity index (χ4v) is 1.94. The highest BCUT2D eigenvalue weighted by atomic mass is 35.5. The quantitative estimate of drug-likeness (QED) is 0.866. The molecule has 2 rings (SSSR count). The summed E-state index contributed by atoms with van der Waals surface area (Å²) in [4.78, 5) is 0. The summed E-state index contributed by atoms with van der Waals surface area (Å²) < 4.78 is 5.35. The second-order valence-corrected chi connectivity index (χ2v) is 4.48. The van der Waals surface area contributed by atoms with Gasteiger partial charge < -0.3 is 15.2 Å². The monoisotopic (exact) mass is 277 g/mol. The number of para-hydroxylation sites is 1. The maximum Gasteiger partial charge on any atom is 0.161 e. The Bertz CT molecular complexity index is 558. The zero-order chi connectivity index (χ0) is 13.7. The molecule has 0 aliphatic rings. The minimum Gasteiger partial charge on any atom is -0.504 e. The Labute approximate surface area is 117 Å². The molecule has 0 aromatic heterocycles. The van der Waals surface area contributed by atoms with Crippen molar-refractivity contribution < 1.29 is 9.84 Å². The van der Waals surface area contributed by atoms with Gasteiger partial charge in [0.1, 0.15) is 0 Å². The molecule has 0 bridgehead atoms. The Morgan fingerprint density at radius 2 is 2.00 bits per heavy atom. The lowest BCUT2D eigenvalue weighted by molar-refractivity contribution is 0.318. The smallest absolute Gasteiger partial charge is 0.161 e. The standard InChI is InChI=1S/C15H16ClNO2/c1-2-19-15-9-11(7-8-14(15)18)10-17-13-6-4-3-5-12(13)16/h3-9,17-18H,2,10H2,1H3. The number of nitrogens with one attached hydrogen (secondary N) is 1. The molecule has 0 saturated carbocycles. The molecule has 0 radical (unpaired) electrons. The zero-order valence-electron chi connectivity index (χ0n) is 10.7. The highest BCUT2D eigenvalue weighted by Gasteiger charge is 2.04. The van der Waals surface area contributed by atoms with Crippen LogP contribution in [-0.2, 0) is 6.54 Å². The van der Waals surface area contributed by atoms with Crippen molar-refractivity contribution in [1.82, 2.24) is 0 Å². The molecule has 2 aromatic carbocycles. The van der Waals surface area contributed by atoms with E-state index in [1.165, 1.54) is 0 Å². The predicted octanol–water partition coefficient (Wildman–Crippen LogP) is 4.06. The van der Waals surface area contributed by atoms with Gasteiger partial charge in [0, 0.05) is 6.54 Å². The fourth-order valence-electron chi connectivity index (χ4n) is 1.74. The number of rotatable bonds is 5. The van der Waals surface area contributed by atoms with E-state index in [1.807, 2.05) is 43.3 Å². The Morgan fingerprint density at radius 1 is 1.21 bits per heavy atom. The molecule has 0 aliphatic heterocycles. The Balaban J connectivity index is 2.07. The van der Waals surface area contributed by atoms with E-state index in [1.54, 1.807) is 6.07 Å². The van der Waals surface area contributed by atoms with E-state index in [0.29, 0.717) is 23.9 Å². The number of benzene rings is 2. The van der Waals surface area contributed by atoms with E-state index in [2.05, 4.69) is 5.32 Å². The van der Waals surface area contributed by atoms with Gasteiger partial charge in [-0.2, -0.15) is 0 Å². The van der Waals surface area contributed by atoms with Gasteiger partial charge in [0.15, 0.2) is 11.5 Å². The van der Waals surface area contributed by atoms with Crippen molar-refractivity contribution in [3.05, 3.63) is 53.1 Å². The van der Waals surface area contributed by atoms with E-state index in [-0.39, 0.29) is 5.75 Å². The third-order valence-corrected chi connectivity index (χ3v) is 3.01. The summed E-state index contributed by atoms with van der Waals surface area (Å²) in [6.07, 6.45) is 0. The van der Waals surface area contributed by atoms with Crippen LogP contribution < -0.4 is 10.1 Å². The number of phenols is 1. The molecule has 2 aromatic rings. The van der Waals surface area contributed by atoms with E-state index in [9.17, 15) is 5.11 Å². The normalized spacial score (nSPS) is 10.2. The van der Waals surface area contributed by atoms with Gasteiger partial charge in [0.2, 0.25) is 0 Å². The van der Waals surface area contributed by atoms with Crippen LogP contribution >= 0.6 is 11.6 Å². The van der Waals surface area contributed by atoms with E-state index >= 15 is 0 Å². The maximum absolute atomic E-state index is 9.63. The summed E-state index contributed by atoms with van der Waals surface area (Å²) in [6, 6.07) is 12.9. The van der Waals surface area contributed by atoms with Crippen LogP contribution in [0.2, 0.25) is 5.02 Å². The number of anilines is 1. The van der Waals surface area contributed by atoms with Gasteiger partial charge in [-0.05, 0) is 36.8 Å². The number of hydrogen-bond donors (Lipinski definition) is 2. The molecular weight excluding hydrogens is 262 g/mol. The minimum atomic E-state index is 0.156. The first-order valence-electron chi connectivity index (χ1n) is 6.13. The van der Waals surface area contributed by atoms with Crippen molar-refractivity contribution >= 4 is 17.3 Å². The van der Waals surface area contributed by atoms with Gasteiger partial charge in [-0.3, -0.25) is 0 Å². The van der Waals surface area contributed by atoms with Crippen LogP contribution in [0, 0.1) is 0 Å². The summed E-state index contributed by atoms with van der Waals surface area (Å²) >= 11 is 6.07. The molecule has 100 valence electrons. The van der Waals surface area contributed by atoms with Crippen LogP contribution in [0.3, 0.4) is 0 Å². The number of aromatic hydroxyl groups is 1. The van der Waals surface area contributed by atoms with Gasteiger partial charge in [0.05, 0.1) is 17.3 Å². The molecular formula is C15H16ClNO2. The SMILES string of the molecule is CCOc1cc(CNc2ccccc2Cl)ccc1O. The average Bonchev–Trinajstić information content (AvgIpc) is 2.41. The van der Waals surface area contributed by atoms with Gasteiger partial charge in [0.25, 0.3) is 0 Å². The van der Waals surface area contributed by atoms with E-state index < -0.39 is 0 Å². The summed E-state index contributed by atoms with van der Waals surface area (Å²) in [5.41, 5.74) is 1.90. The number of halogens is 1. The molecule has 0 amide bonds. The van der Waals surface area contributed by atoms with Crippen molar-refractivity contribution in [2.24, 2.45) is 0 Å². The van der Waals surface area contributed by atoms with E-state index in [4.69, 9.17) is 16.3 Å². The third-order valence-electron chi connectivity index (χ3n) is 2.68. The molecule has 0 unspecified atom stereocenters. The van der Waals surface area contributed by atoms with Gasteiger partial charge >= 0.3 is 0 Å². The molecule has 0 aliphatic carbocycles. The van der Waals surface area contributed by atoms with Gasteiger partial charge in [-0.1, -0.05) is 29.8 Å². The first-order chi connectivity index (χ1) is 9.20. The van der Waals surface area contributed by atoms with Crippen LogP contribution in [0.4, 0.5) is 5.69 Å². The lowest BCUT2D eigenvalue weighted by atomic mass is 10.2. The molecule has 4 heteroatoms. The van der Waals surface area contributed by atoms with Crippen molar-refractivity contribution in [3.8, 4) is 11.5 Å². The molecule has 0 saturated heterocycles. The fraction of sp³-hybridized carbons (Fsp3) is 0.200. The Hall–Kier alpha value is -1.87. The first kappa shape index (κ1) is 13.6. The number of phenolic OH excluding ortho intramolecular Hbond substituents is 1. The topological polar surface area (TPSA) is 41.5 Å². The maximum atomic E-state index is 9.63. The van der Waals surface area contributed by atoms with Crippen molar-refractivity contribution in [2.75, 3.05) is 11.9 Å². The molecule has 0 spiro atoms. The zero-order valence-corrected chi connectivity index (χ0v) is 11.4. The summed E-state index contributed by atoms with van der Waals surface area (Å²) in [5, 5.41) is 13.6. The summed E-state index contributed by atoms with van der Waals surface area (Å²) in [7, 11) is 0. The van der Waals surface area contributed by atoms with Crippen molar-refractivity contribution in [1.29, 1.82) is 0 Å². The van der Waals surface area contributed by atoms with Crippen LogP contribution in [0.15, 0.2) is 42.5 Å². The lowest BCUT2D eigenvalue weighted by Crippen LogP contribution is -2.00. The molecule has 0 fully saturated rings. The molecule has 0 heterocycles. The summed E-state index contributed by atoms with van der Waals surface area (Å²) in [6.45, 7) is 3.02. The lowest BCUT2D eigenvalue weighted by Gasteiger charge is -2.11. The highest BCUT2D eigenvalue weighted by molar-refractivity contribution is 6.33. The first-order valence-corrected chi connectivity index (χ1v) is 6.51. The molecule has 0 atom stereocenters. The Morgan fingerprint density at radius 3 is 2.74 bits per heavy atom. The predicted molar refractivity (Wildman–Crippen MR) is 78.1 cm³/mol. The number of ether oxygens (including phenoxy) is 1. The van der Waals surface area contributed by atoms with Crippen LogP contribution in [0.1, 0.15) is 12.5 Å². The average molecular weight is 278 g/mol. The van der Waals surface area contributed by atoms with Crippen LogP contribution in [-0.4, -0.2) is 11.7 Å². The molecule has 2 N–H and O–H groups in total. The van der Waals surface area contributed by atoms with Crippen molar-refractivity contribution in [2.45, 2.75) is 13.5 Å². The third kappa shape index (κ3) is 3.55. The molecule has 3 nitrogen and oxygen atoms in total. The highest BCUT2D eigenvalue weighted by Crippen LogP contribution is 2.27. The van der Waals surface area contributed by atoms with Crippen LogP contribution in [0.25, 0.3) is 0 Å². The molecule has 19 heavy (non-hydrogen) atoms. The van der Waals surface area contributed by atoms with Crippen LogP contribution in [0.5, 0.6) is 11.5 Å². The number of hydrogen-bond acceptors (Lipinski definition) is 3. The summed E-state index contributed by atoms with van der Waals surface area (Å²) in [5.74, 6) is 0.657.